The van der Waals surface area contributed by atoms with E-state index in [1.165, 1.54) is 12.8 Å². The van der Waals surface area contributed by atoms with Crippen molar-refractivity contribution >= 4 is 17.2 Å². The molecule has 0 unspecified atom stereocenters. The van der Waals surface area contributed by atoms with Gasteiger partial charge in [0, 0.05) is 5.56 Å². The molecule has 0 amide bonds. The van der Waals surface area contributed by atoms with Crippen LogP contribution in [-0.2, 0) is 4.74 Å². The van der Waals surface area contributed by atoms with E-state index in [0.717, 1.165) is 35.0 Å². The molecule has 1 saturated carbocycles. The maximum Gasteiger partial charge on any atom is 0.189 e. The summed E-state index contributed by atoms with van der Waals surface area (Å²) in [4.78, 5) is 0.415. The second-order valence-corrected chi connectivity index (χ2v) is 5.32. The molecule has 1 aromatic carbocycles. The van der Waals surface area contributed by atoms with Crippen molar-refractivity contribution in [3.8, 4) is 5.75 Å². The van der Waals surface area contributed by atoms with Crippen LogP contribution >= 0.6 is 12.2 Å². The Morgan fingerprint density at radius 2 is 1.94 bits per heavy atom. The number of hydrogen-bond acceptors (Lipinski definition) is 3. The number of aryl methyl sites for hydroxylation is 2. The van der Waals surface area contributed by atoms with E-state index in [2.05, 4.69) is 0 Å². The minimum Gasteiger partial charge on any atom is -0.467 e. The molecule has 0 atom stereocenters. The summed E-state index contributed by atoms with van der Waals surface area (Å²) in [5.41, 5.74) is 8.58. The third-order valence-electron chi connectivity index (χ3n) is 3.08. The Kier molecular flexibility index (Phi) is 4.19. The molecule has 0 bridgehead atoms. The van der Waals surface area contributed by atoms with Crippen molar-refractivity contribution in [3.05, 3.63) is 28.8 Å². The van der Waals surface area contributed by atoms with Gasteiger partial charge in [-0.25, -0.2) is 0 Å². The molecule has 3 nitrogen and oxygen atoms in total. The predicted molar refractivity (Wildman–Crippen MR) is 76.0 cm³/mol. The van der Waals surface area contributed by atoms with E-state index < -0.39 is 0 Å². The third kappa shape index (κ3) is 3.43. The summed E-state index contributed by atoms with van der Waals surface area (Å²) in [5.74, 6) is 1.62. The molecule has 0 radical (unpaired) electrons. The van der Waals surface area contributed by atoms with Gasteiger partial charge in [0.2, 0.25) is 0 Å². The van der Waals surface area contributed by atoms with Gasteiger partial charge in [0.15, 0.2) is 6.79 Å². The summed E-state index contributed by atoms with van der Waals surface area (Å²) < 4.78 is 11.2. The summed E-state index contributed by atoms with van der Waals surface area (Å²) >= 11 is 4.98. The van der Waals surface area contributed by atoms with E-state index in [0.29, 0.717) is 11.8 Å². The zero-order chi connectivity index (χ0) is 13.1. The van der Waals surface area contributed by atoms with E-state index >= 15 is 0 Å². The number of hydrogen-bond donors (Lipinski definition) is 1. The van der Waals surface area contributed by atoms with E-state index in [1.54, 1.807) is 0 Å². The van der Waals surface area contributed by atoms with Crippen LogP contribution in [0.4, 0.5) is 0 Å². The number of benzene rings is 1. The highest BCUT2D eigenvalue weighted by molar-refractivity contribution is 7.80. The topological polar surface area (TPSA) is 44.5 Å². The Morgan fingerprint density at radius 1 is 1.33 bits per heavy atom. The fourth-order valence-electron chi connectivity index (χ4n) is 1.92. The van der Waals surface area contributed by atoms with E-state index in [1.807, 2.05) is 26.0 Å². The largest absolute Gasteiger partial charge is 0.467 e. The molecule has 0 saturated heterocycles. The minimum atomic E-state index is 0.310. The van der Waals surface area contributed by atoms with Gasteiger partial charge < -0.3 is 15.2 Å². The first kappa shape index (κ1) is 13.3. The normalized spacial score (nSPS) is 14.6. The maximum absolute atomic E-state index is 5.67. The van der Waals surface area contributed by atoms with Crippen LogP contribution in [0.25, 0.3) is 0 Å². The molecular formula is C14H19NO2S. The van der Waals surface area contributed by atoms with Gasteiger partial charge in [0.25, 0.3) is 0 Å². The molecule has 2 rings (SSSR count). The van der Waals surface area contributed by atoms with Crippen molar-refractivity contribution in [2.24, 2.45) is 11.7 Å². The van der Waals surface area contributed by atoms with Crippen LogP contribution in [0.15, 0.2) is 12.1 Å². The molecule has 2 N–H and O–H groups in total. The molecule has 1 aliphatic carbocycles. The van der Waals surface area contributed by atoms with E-state index in [-0.39, 0.29) is 0 Å². The van der Waals surface area contributed by atoms with E-state index in [9.17, 15) is 0 Å². The fourth-order valence-corrected chi connectivity index (χ4v) is 2.04. The molecule has 98 valence electrons. The van der Waals surface area contributed by atoms with Crippen molar-refractivity contribution in [2.75, 3.05) is 13.4 Å². The molecule has 4 heteroatoms. The molecule has 0 heterocycles. The Balaban J connectivity index is 1.95. The molecule has 1 aliphatic rings. The van der Waals surface area contributed by atoms with Gasteiger partial charge in [-0.3, -0.25) is 0 Å². The summed E-state index contributed by atoms with van der Waals surface area (Å²) in [7, 11) is 0. The number of thiocarbonyl (C=S) groups is 1. The summed E-state index contributed by atoms with van der Waals surface area (Å²) in [6, 6.07) is 3.90. The highest BCUT2D eigenvalue weighted by atomic mass is 32.1. The second-order valence-electron chi connectivity index (χ2n) is 4.88. The van der Waals surface area contributed by atoms with Gasteiger partial charge in [0.1, 0.15) is 10.7 Å². The fraction of sp³-hybridized carbons (Fsp3) is 0.500. The summed E-state index contributed by atoms with van der Waals surface area (Å²) in [5, 5.41) is 0. The first-order chi connectivity index (χ1) is 8.58. The Morgan fingerprint density at radius 3 is 2.44 bits per heavy atom. The van der Waals surface area contributed by atoms with Crippen LogP contribution in [0.5, 0.6) is 5.75 Å². The van der Waals surface area contributed by atoms with Crippen LogP contribution in [0.3, 0.4) is 0 Å². The standard InChI is InChI=1S/C14H19NO2S/c1-9-5-12(14(15)18)6-10(2)13(9)17-8-16-7-11-3-4-11/h5-6,11H,3-4,7-8H2,1-2H3,(H2,15,18). The summed E-state index contributed by atoms with van der Waals surface area (Å²) in [6.07, 6.45) is 2.58. The molecular weight excluding hydrogens is 246 g/mol. The van der Waals surface area contributed by atoms with Crippen LogP contribution in [0.2, 0.25) is 0 Å². The average Bonchev–Trinajstić information content (AvgIpc) is 3.10. The lowest BCUT2D eigenvalue weighted by molar-refractivity contribution is 0.00924. The minimum absolute atomic E-state index is 0.310. The number of rotatable bonds is 6. The van der Waals surface area contributed by atoms with Gasteiger partial charge >= 0.3 is 0 Å². The highest BCUT2D eigenvalue weighted by Gasteiger charge is 2.21. The predicted octanol–water partition coefficient (Wildman–Crippen LogP) is 2.70. The van der Waals surface area contributed by atoms with E-state index in [4.69, 9.17) is 27.4 Å². The molecule has 0 aliphatic heterocycles. The van der Waals surface area contributed by atoms with Crippen LogP contribution in [-0.4, -0.2) is 18.4 Å². The molecule has 1 aromatic rings. The Labute approximate surface area is 113 Å². The van der Waals surface area contributed by atoms with Crippen molar-refractivity contribution in [1.29, 1.82) is 0 Å². The monoisotopic (exact) mass is 265 g/mol. The SMILES string of the molecule is Cc1cc(C(N)=S)cc(C)c1OCOCC1CC1. The van der Waals surface area contributed by atoms with Crippen molar-refractivity contribution in [3.63, 3.8) is 0 Å². The second kappa shape index (κ2) is 5.67. The summed E-state index contributed by atoms with van der Waals surface area (Å²) in [6.45, 7) is 5.10. The van der Waals surface area contributed by atoms with Crippen molar-refractivity contribution < 1.29 is 9.47 Å². The number of ether oxygens (including phenoxy) is 2. The first-order valence-electron chi connectivity index (χ1n) is 6.19. The third-order valence-corrected chi connectivity index (χ3v) is 3.32. The van der Waals surface area contributed by atoms with Gasteiger partial charge in [0.05, 0.1) is 6.61 Å². The van der Waals surface area contributed by atoms with Crippen LogP contribution < -0.4 is 10.5 Å². The lowest BCUT2D eigenvalue weighted by Crippen LogP contribution is -2.11. The zero-order valence-corrected chi connectivity index (χ0v) is 11.7. The molecule has 0 spiro atoms. The van der Waals surface area contributed by atoms with Gasteiger partial charge in [-0.1, -0.05) is 12.2 Å². The Hall–Kier alpha value is -1.13. The van der Waals surface area contributed by atoms with Crippen molar-refractivity contribution in [1.82, 2.24) is 0 Å². The van der Waals surface area contributed by atoms with Gasteiger partial charge in [-0.05, 0) is 55.9 Å². The highest BCUT2D eigenvalue weighted by Crippen LogP contribution is 2.29. The van der Waals surface area contributed by atoms with Crippen molar-refractivity contribution in [2.45, 2.75) is 26.7 Å². The quantitative estimate of drug-likeness (QED) is 0.488. The Bertz CT molecular complexity index is 432. The molecule has 18 heavy (non-hydrogen) atoms. The smallest absolute Gasteiger partial charge is 0.189 e. The zero-order valence-electron chi connectivity index (χ0n) is 10.9. The lowest BCUT2D eigenvalue weighted by Gasteiger charge is -2.13. The maximum atomic E-state index is 5.67. The van der Waals surface area contributed by atoms with Gasteiger partial charge in [-0.2, -0.15) is 0 Å². The van der Waals surface area contributed by atoms with Crippen LogP contribution in [0.1, 0.15) is 29.5 Å². The first-order valence-corrected chi connectivity index (χ1v) is 6.60. The number of nitrogens with two attached hydrogens (primary N) is 1. The van der Waals surface area contributed by atoms with Crippen LogP contribution in [0, 0.1) is 19.8 Å². The molecule has 0 aromatic heterocycles. The lowest BCUT2D eigenvalue weighted by atomic mass is 10.1. The molecule has 1 fully saturated rings. The average molecular weight is 265 g/mol. The van der Waals surface area contributed by atoms with Gasteiger partial charge in [-0.15, -0.1) is 0 Å².